The van der Waals surface area contributed by atoms with Crippen molar-refractivity contribution in [3.05, 3.63) is 52.4 Å². The van der Waals surface area contributed by atoms with Gasteiger partial charge in [0, 0.05) is 24.5 Å². The fourth-order valence-electron chi connectivity index (χ4n) is 3.52. The highest BCUT2D eigenvalue weighted by Crippen LogP contribution is 2.35. The van der Waals surface area contributed by atoms with E-state index < -0.39 is 12.2 Å². The number of hydrogen-bond acceptors (Lipinski definition) is 4. The molecule has 0 aliphatic heterocycles. The van der Waals surface area contributed by atoms with E-state index in [9.17, 15) is 18.0 Å². The summed E-state index contributed by atoms with van der Waals surface area (Å²) in [5.41, 5.74) is 1.17. The van der Waals surface area contributed by atoms with Gasteiger partial charge in [-0.2, -0.15) is 18.3 Å². The molecule has 2 heterocycles. The predicted molar refractivity (Wildman–Crippen MR) is 110 cm³/mol. The molecule has 1 saturated carbocycles. The first-order valence-electron chi connectivity index (χ1n) is 10.0. The number of anilines is 2. The van der Waals surface area contributed by atoms with Crippen LogP contribution in [0.1, 0.15) is 38.3 Å². The smallest absolute Gasteiger partial charge is 0.338 e. The molecule has 1 fully saturated rings. The van der Waals surface area contributed by atoms with Gasteiger partial charge in [0.05, 0.1) is 5.52 Å². The van der Waals surface area contributed by atoms with Gasteiger partial charge in [0.1, 0.15) is 11.4 Å². The molecule has 4 rings (SSSR count). The van der Waals surface area contributed by atoms with Crippen LogP contribution >= 0.6 is 0 Å². The summed E-state index contributed by atoms with van der Waals surface area (Å²) in [6.07, 6.45) is -0.503. The van der Waals surface area contributed by atoms with Gasteiger partial charge in [0.15, 0.2) is 5.82 Å². The van der Waals surface area contributed by atoms with E-state index in [-0.39, 0.29) is 17.2 Å². The molecule has 3 N–H and O–H groups in total. The number of hydrogen-bond donors (Lipinski definition) is 3. The second kappa shape index (κ2) is 7.79. The molecule has 9 heteroatoms. The minimum Gasteiger partial charge on any atom is -0.338 e. The maximum absolute atomic E-state index is 13.4. The Bertz CT molecular complexity index is 1080. The van der Waals surface area contributed by atoms with Crippen LogP contribution in [-0.2, 0) is 6.54 Å². The van der Waals surface area contributed by atoms with E-state index in [1.54, 1.807) is 32.2 Å². The monoisotopic (exact) mass is 419 g/mol. The highest BCUT2D eigenvalue weighted by Gasteiger charge is 2.40. The number of aromatic amines is 1. The van der Waals surface area contributed by atoms with Gasteiger partial charge in [0.25, 0.3) is 5.56 Å². The van der Waals surface area contributed by atoms with E-state index in [2.05, 4.69) is 20.7 Å². The maximum Gasteiger partial charge on any atom is 0.407 e. The lowest BCUT2D eigenvalue weighted by Crippen LogP contribution is -2.38. The number of H-pyrrole nitrogens is 1. The first kappa shape index (κ1) is 20.5. The van der Waals surface area contributed by atoms with E-state index >= 15 is 0 Å². The Morgan fingerprint density at radius 2 is 1.90 bits per heavy atom. The molecule has 2 aromatic heterocycles. The van der Waals surface area contributed by atoms with Crippen molar-refractivity contribution in [1.82, 2.24) is 20.1 Å². The molecule has 0 radical (unpaired) electrons. The van der Waals surface area contributed by atoms with Crippen LogP contribution in [0.4, 0.5) is 24.7 Å². The summed E-state index contributed by atoms with van der Waals surface area (Å²) in [6, 6.07) is 5.76. The van der Waals surface area contributed by atoms with E-state index in [1.807, 2.05) is 10.7 Å². The highest BCUT2D eigenvalue weighted by atomic mass is 19.4. The van der Waals surface area contributed by atoms with Gasteiger partial charge in [-0.1, -0.05) is 26.0 Å². The van der Waals surface area contributed by atoms with Crippen LogP contribution in [0.3, 0.4) is 0 Å². The van der Waals surface area contributed by atoms with Crippen LogP contribution in [-0.4, -0.2) is 27.0 Å². The number of halogens is 3. The molecule has 1 aliphatic carbocycles. The zero-order valence-electron chi connectivity index (χ0n) is 16.8. The fourth-order valence-corrected chi connectivity index (χ4v) is 3.52. The summed E-state index contributed by atoms with van der Waals surface area (Å²) in [5, 5.41) is 10.6. The van der Waals surface area contributed by atoms with E-state index in [0.717, 1.165) is 24.9 Å². The van der Waals surface area contributed by atoms with E-state index in [0.29, 0.717) is 22.8 Å². The molecule has 1 aliphatic rings. The number of alkyl halides is 3. The Hall–Kier alpha value is -2.81. The van der Waals surface area contributed by atoms with E-state index in [1.165, 1.54) is 12.1 Å². The van der Waals surface area contributed by atoms with Crippen molar-refractivity contribution in [2.45, 2.75) is 51.5 Å². The quantitative estimate of drug-likeness (QED) is 0.528. The Morgan fingerprint density at radius 3 is 2.50 bits per heavy atom. The molecule has 0 spiro atoms. The second-order valence-electron chi connectivity index (χ2n) is 8.08. The van der Waals surface area contributed by atoms with Gasteiger partial charge in [0.2, 0.25) is 0 Å². The van der Waals surface area contributed by atoms with Crippen molar-refractivity contribution >= 4 is 22.4 Å². The molecule has 30 heavy (non-hydrogen) atoms. The van der Waals surface area contributed by atoms with Crippen molar-refractivity contribution in [1.29, 1.82) is 0 Å². The first-order valence-corrected chi connectivity index (χ1v) is 10.0. The number of nitrogens with one attached hydrogen (secondary N) is 3. The maximum atomic E-state index is 13.4. The normalized spacial score (nSPS) is 15.7. The minimum atomic E-state index is -4.40. The molecule has 0 amide bonds. The third-order valence-corrected chi connectivity index (χ3v) is 5.14. The molecule has 1 atom stereocenters. The van der Waals surface area contributed by atoms with Gasteiger partial charge in [-0.05, 0) is 42.5 Å². The van der Waals surface area contributed by atoms with Crippen molar-refractivity contribution in [2.24, 2.45) is 5.92 Å². The lowest BCUT2D eigenvalue weighted by Gasteiger charge is -2.24. The zero-order chi connectivity index (χ0) is 21.5. The number of benzene rings is 1. The van der Waals surface area contributed by atoms with Gasteiger partial charge in [-0.25, -0.2) is 0 Å². The fraction of sp³-hybridized carbons (Fsp3) is 0.429. The molecule has 0 saturated heterocycles. The molecular weight excluding hydrogens is 395 g/mol. The van der Waals surface area contributed by atoms with Crippen LogP contribution in [0.2, 0.25) is 0 Å². The number of pyridine rings is 1. The number of rotatable bonds is 7. The third-order valence-electron chi connectivity index (χ3n) is 5.14. The van der Waals surface area contributed by atoms with Gasteiger partial charge in [-0.3, -0.25) is 9.48 Å². The van der Waals surface area contributed by atoms with Crippen molar-refractivity contribution in [3.63, 3.8) is 0 Å². The summed E-state index contributed by atoms with van der Waals surface area (Å²) in [6.45, 7) is 4.10. The number of aromatic nitrogens is 3. The lowest BCUT2D eigenvalue weighted by atomic mass is 10.1. The van der Waals surface area contributed by atoms with E-state index in [4.69, 9.17) is 0 Å². The first-order chi connectivity index (χ1) is 14.2. The highest BCUT2D eigenvalue weighted by molar-refractivity contribution is 5.91. The summed E-state index contributed by atoms with van der Waals surface area (Å²) in [4.78, 5) is 15.0. The number of nitrogens with zero attached hydrogens (tertiary/aromatic N) is 2. The van der Waals surface area contributed by atoms with Gasteiger partial charge in [-0.15, -0.1) is 0 Å². The van der Waals surface area contributed by atoms with Crippen molar-refractivity contribution in [2.75, 3.05) is 5.32 Å². The lowest BCUT2D eigenvalue weighted by molar-refractivity contribution is -0.159. The SMILES string of the molecule is CC(C)NC(c1ccc(Nc2nn(CC3CC3)c3cc[nH]c(=O)c23)cc1)C(F)(F)F. The van der Waals surface area contributed by atoms with Crippen LogP contribution in [0.5, 0.6) is 0 Å². The Labute approximate surface area is 171 Å². The average Bonchev–Trinajstić information content (AvgIpc) is 3.42. The summed E-state index contributed by atoms with van der Waals surface area (Å²) < 4.78 is 42.1. The van der Waals surface area contributed by atoms with Gasteiger partial charge < -0.3 is 15.6 Å². The second-order valence-corrected chi connectivity index (χ2v) is 8.08. The Balaban J connectivity index is 1.62. The van der Waals surface area contributed by atoms with Crippen LogP contribution in [0.15, 0.2) is 41.3 Å². The molecular formula is C21H24F3N5O. The molecule has 0 bridgehead atoms. The molecule has 160 valence electrons. The molecule has 3 aromatic rings. The van der Waals surface area contributed by atoms with Crippen LogP contribution in [0, 0.1) is 5.92 Å². The van der Waals surface area contributed by atoms with Crippen molar-refractivity contribution in [3.8, 4) is 0 Å². The molecule has 6 nitrogen and oxygen atoms in total. The standard InChI is InChI=1S/C21H24F3N5O/c1-12(2)26-18(21(22,23)24)14-5-7-15(8-6-14)27-19-17-16(9-10-25-20(17)30)29(28-19)11-13-3-4-13/h5-10,12-13,18,26H,3-4,11H2,1-2H3,(H,25,30)(H,27,28). The topological polar surface area (TPSA) is 74.7 Å². The van der Waals surface area contributed by atoms with Gasteiger partial charge >= 0.3 is 6.18 Å². The Morgan fingerprint density at radius 1 is 1.20 bits per heavy atom. The zero-order valence-corrected chi connectivity index (χ0v) is 16.8. The summed E-state index contributed by atoms with van der Waals surface area (Å²) >= 11 is 0. The van der Waals surface area contributed by atoms with Crippen LogP contribution < -0.4 is 16.2 Å². The largest absolute Gasteiger partial charge is 0.407 e. The predicted octanol–water partition coefficient (Wildman–Crippen LogP) is 4.48. The molecule has 1 unspecified atom stereocenters. The van der Waals surface area contributed by atoms with Crippen LogP contribution in [0.25, 0.3) is 10.9 Å². The summed E-state index contributed by atoms with van der Waals surface area (Å²) in [5.74, 6) is 0.972. The summed E-state index contributed by atoms with van der Waals surface area (Å²) in [7, 11) is 0. The average molecular weight is 419 g/mol. The Kier molecular flexibility index (Phi) is 5.31. The van der Waals surface area contributed by atoms with Crippen molar-refractivity contribution < 1.29 is 13.2 Å². The minimum absolute atomic E-state index is 0.128. The third kappa shape index (κ3) is 4.35. The molecule has 1 aromatic carbocycles. The number of fused-ring (bicyclic) bond motifs is 1.